The fourth-order valence-corrected chi connectivity index (χ4v) is 5.76. The molecule has 0 bridgehead atoms. The number of rotatable bonds is 7. The van der Waals surface area contributed by atoms with Crippen molar-refractivity contribution in [3.63, 3.8) is 0 Å². The van der Waals surface area contributed by atoms with Gasteiger partial charge >= 0.3 is 6.03 Å². The molecule has 0 unspecified atom stereocenters. The Morgan fingerprint density at radius 1 is 1.06 bits per heavy atom. The number of hydrogen-bond donors (Lipinski definition) is 0. The average molecular weight is 460 g/mol. The fourth-order valence-electron chi connectivity index (χ4n) is 5.76. The summed E-state index contributed by atoms with van der Waals surface area (Å²) in [6, 6.07) is 12.3. The van der Waals surface area contributed by atoms with Crippen molar-refractivity contribution >= 4 is 22.8 Å². The van der Waals surface area contributed by atoms with Crippen molar-refractivity contribution in [2.24, 2.45) is 7.05 Å². The van der Waals surface area contributed by atoms with E-state index in [9.17, 15) is 9.59 Å². The first kappa shape index (κ1) is 22.6. The van der Waals surface area contributed by atoms with Crippen LogP contribution < -0.4 is 0 Å². The van der Waals surface area contributed by atoms with E-state index in [2.05, 4.69) is 52.0 Å². The molecule has 2 aliphatic heterocycles. The number of carbonyl (C=O) groups is 2. The summed E-state index contributed by atoms with van der Waals surface area (Å²) in [5.74, 6) is -0.00431. The number of para-hydroxylation sites is 1. The molecule has 0 saturated carbocycles. The second-order valence-electron chi connectivity index (χ2n) is 9.54. The Labute approximate surface area is 201 Å². The molecule has 34 heavy (non-hydrogen) atoms. The van der Waals surface area contributed by atoms with Crippen LogP contribution in [0.5, 0.6) is 0 Å². The van der Waals surface area contributed by atoms with Gasteiger partial charge in [0.05, 0.1) is 0 Å². The Morgan fingerprint density at radius 3 is 2.59 bits per heavy atom. The van der Waals surface area contributed by atoms with Gasteiger partial charge in [-0.1, -0.05) is 24.3 Å². The molecule has 7 heteroatoms. The van der Waals surface area contributed by atoms with Gasteiger partial charge in [-0.15, -0.1) is 0 Å². The van der Waals surface area contributed by atoms with Crippen molar-refractivity contribution in [1.29, 1.82) is 0 Å². The Bertz CT molecular complexity index is 1180. The highest BCUT2D eigenvalue weighted by Gasteiger charge is 2.57. The smallest absolute Gasteiger partial charge is 0.327 e. The van der Waals surface area contributed by atoms with Gasteiger partial charge in [0.2, 0.25) is 0 Å². The number of aryl methyl sites for hydroxylation is 2. The minimum atomic E-state index is -0.685. The first-order valence-corrected chi connectivity index (χ1v) is 12.3. The fraction of sp³-hybridized carbons (Fsp3) is 0.444. The number of likely N-dealkylation sites (tertiary alicyclic amines) is 1. The number of hydrogen-bond acceptors (Lipinski definition) is 4. The first-order chi connectivity index (χ1) is 16.5. The molecule has 0 N–H and O–H groups in total. The number of carbonyl (C=O) groups excluding carboxylic acids is 2. The summed E-state index contributed by atoms with van der Waals surface area (Å²) in [5, 5.41) is 1.28. The summed E-state index contributed by atoms with van der Waals surface area (Å²) in [6.07, 6.45) is 8.75. The van der Waals surface area contributed by atoms with Gasteiger partial charge in [-0.2, -0.15) is 0 Å². The Kier molecular flexibility index (Phi) is 6.13. The molecule has 0 atom stereocenters. The van der Waals surface area contributed by atoms with Gasteiger partial charge in [0.1, 0.15) is 5.54 Å². The van der Waals surface area contributed by atoms with E-state index in [-0.39, 0.29) is 11.9 Å². The molecule has 7 nitrogen and oxygen atoms in total. The normalized spacial score (nSPS) is 18.5. The Hall–Kier alpha value is -3.19. The van der Waals surface area contributed by atoms with Crippen molar-refractivity contribution in [3.05, 3.63) is 66.1 Å². The second-order valence-corrected chi connectivity index (χ2v) is 9.54. The van der Waals surface area contributed by atoms with Crippen LogP contribution in [0.15, 0.2) is 55.0 Å². The lowest BCUT2D eigenvalue weighted by molar-refractivity contribution is -0.135. The molecule has 0 radical (unpaired) electrons. The molecular formula is C27H33N5O2. The minimum Gasteiger partial charge on any atom is -0.350 e. The monoisotopic (exact) mass is 459 g/mol. The summed E-state index contributed by atoms with van der Waals surface area (Å²) in [7, 11) is 2.09. The highest BCUT2D eigenvalue weighted by atomic mass is 16.2. The van der Waals surface area contributed by atoms with Crippen molar-refractivity contribution < 1.29 is 9.59 Å². The zero-order chi connectivity index (χ0) is 23.7. The zero-order valence-electron chi connectivity index (χ0n) is 20.1. The molecular weight excluding hydrogens is 426 g/mol. The largest absolute Gasteiger partial charge is 0.350 e. The number of benzene rings is 1. The molecule has 2 fully saturated rings. The summed E-state index contributed by atoms with van der Waals surface area (Å²) < 4.78 is 2.18. The van der Waals surface area contributed by atoms with Gasteiger partial charge in [0, 0.05) is 69.3 Å². The van der Waals surface area contributed by atoms with E-state index in [4.69, 9.17) is 0 Å². The number of urea groups is 1. The molecule has 2 aromatic heterocycles. The first-order valence-electron chi connectivity index (χ1n) is 12.3. The summed E-state index contributed by atoms with van der Waals surface area (Å²) in [6.45, 7) is 5.48. The van der Waals surface area contributed by atoms with Crippen LogP contribution in [0.4, 0.5) is 4.79 Å². The molecule has 178 valence electrons. The maximum atomic E-state index is 13.6. The molecule has 1 spiro atoms. The van der Waals surface area contributed by atoms with Crippen molar-refractivity contribution in [3.8, 4) is 0 Å². The van der Waals surface area contributed by atoms with Gasteiger partial charge in [0.15, 0.2) is 0 Å². The quantitative estimate of drug-likeness (QED) is 0.504. The number of likely N-dealkylation sites (N-methyl/N-ethyl adjacent to an activating group) is 1. The van der Waals surface area contributed by atoms with E-state index < -0.39 is 5.54 Å². The third-order valence-corrected chi connectivity index (χ3v) is 7.56. The molecule has 4 heterocycles. The number of fused-ring (bicyclic) bond motifs is 1. The lowest BCUT2D eigenvalue weighted by atomic mass is 9.85. The van der Waals surface area contributed by atoms with Crippen LogP contribution >= 0.6 is 0 Å². The molecule has 1 aromatic carbocycles. The van der Waals surface area contributed by atoms with E-state index in [1.165, 1.54) is 21.4 Å². The van der Waals surface area contributed by atoms with E-state index in [1.807, 2.05) is 30.2 Å². The standard InChI is InChI=1S/C27H33N5O2/c1-3-32-26(34)31(15-7-9-21-8-6-14-28-18-21)25(33)27(32)12-16-30(17-13-27)20-22-19-29(2)24-11-5-4-10-23(22)24/h4-6,8,10-11,14,18-19H,3,7,9,12-13,15-17,20H2,1-2H3. The van der Waals surface area contributed by atoms with Crippen molar-refractivity contribution in [2.45, 2.75) is 44.7 Å². The molecule has 5 rings (SSSR count). The number of piperidine rings is 1. The van der Waals surface area contributed by atoms with Crippen molar-refractivity contribution in [2.75, 3.05) is 26.2 Å². The van der Waals surface area contributed by atoms with Crippen LogP contribution in [-0.2, 0) is 24.8 Å². The van der Waals surface area contributed by atoms with Gasteiger partial charge in [-0.3, -0.25) is 19.6 Å². The highest BCUT2D eigenvalue weighted by molar-refractivity contribution is 6.07. The van der Waals surface area contributed by atoms with Crippen LogP contribution in [0.25, 0.3) is 10.9 Å². The summed E-state index contributed by atoms with van der Waals surface area (Å²) in [5.41, 5.74) is 2.99. The van der Waals surface area contributed by atoms with Crippen molar-refractivity contribution in [1.82, 2.24) is 24.3 Å². The van der Waals surface area contributed by atoms with Crippen LogP contribution in [-0.4, -0.2) is 67.9 Å². The number of aromatic nitrogens is 2. The predicted molar refractivity (Wildman–Crippen MR) is 132 cm³/mol. The second kappa shape index (κ2) is 9.22. The zero-order valence-corrected chi connectivity index (χ0v) is 20.1. The van der Waals surface area contributed by atoms with E-state index in [0.717, 1.165) is 38.0 Å². The van der Waals surface area contributed by atoms with Crippen LogP contribution in [0.2, 0.25) is 0 Å². The SMILES string of the molecule is CCN1C(=O)N(CCCc2cccnc2)C(=O)C12CCN(Cc1cn(C)c3ccccc13)CC2. The number of pyridine rings is 1. The molecule has 3 aromatic rings. The molecule has 2 saturated heterocycles. The van der Waals surface area contributed by atoms with Gasteiger partial charge in [0.25, 0.3) is 5.91 Å². The molecule has 2 aliphatic rings. The maximum Gasteiger partial charge on any atom is 0.327 e. The maximum absolute atomic E-state index is 13.6. The minimum absolute atomic E-state index is 0.00431. The summed E-state index contributed by atoms with van der Waals surface area (Å²) in [4.78, 5) is 36.7. The topological polar surface area (TPSA) is 61.7 Å². The highest BCUT2D eigenvalue weighted by Crippen LogP contribution is 2.38. The van der Waals surface area contributed by atoms with Crippen LogP contribution in [0, 0.1) is 0 Å². The predicted octanol–water partition coefficient (Wildman–Crippen LogP) is 3.82. The third kappa shape index (κ3) is 3.88. The molecule has 3 amide bonds. The Balaban J connectivity index is 1.25. The third-order valence-electron chi connectivity index (χ3n) is 7.56. The number of nitrogens with zero attached hydrogens (tertiary/aromatic N) is 5. The van der Waals surface area contributed by atoms with Gasteiger partial charge in [-0.25, -0.2) is 4.79 Å². The lowest BCUT2D eigenvalue weighted by Crippen LogP contribution is -2.56. The van der Waals surface area contributed by atoms with Crippen LogP contribution in [0.3, 0.4) is 0 Å². The lowest BCUT2D eigenvalue weighted by Gasteiger charge is -2.41. The summed E-state index contributed by atoms with van der Waals surface area (Å²) >= 11 is 0. The Morgan fingerprint density at radius 2 is 1.85 bits per heavy atom. The van der Waals surface area contributed by atoms with E-state index in [0.29, 0.717) is 25.9 Å². The van der Waals surface area contributed by atoms with Crippen LogP contribution in [0.1, 0.15) is 37.3 Å². The van der Waals surface area contributed by atoms with Gasteiger partial charge in [-0.05, 0) is 55.9 Å². The molecule has 0 aliphatic carbocycles. The average Bonchev–Trinajstić information content (AvgIpc) is 3.27. The number of imide groups is 1. The van der Waals surface area contributed by atoms with E-state index in [1.54, 1.807) is 6.20 Å². The number of amides is 3. The van der Waals surface area contributed by atoms with Gasteiger partial charge < -0.3 is 9.47 Å². The van der Waals surface area contributed by atoms with E-state index >= 15 is 0 Å².